The number of aromatic carboxylic acids is 1. The van der Waals surface area contributed by atoms with Crippen molar-refractivity contribution in [2.45, 2.75) is 51.6 Å². The normalized spacial score (nSPS) is 16.1. The third kappa shape index (κ3) is 4.53. The van der Waals surface area contributed by atoms with Gasteiger partial charge in [-0.15, -0.1) is 0 Å². The molecule has 126 valence electrons. The predicted octanol–water partition coefficient (Wildman–Crippen LogP) is 3.76. The summed E-state index contributed by atoms with van der Waals surface area (Å²) < 4.78 is 0. The van der Waals surface area contributed by atoms with Crippen molar-refractivity contribution in [3.63, 3.8) is 0 Å². The minimum atomic E-state index is -1.21. The summed E-state index contributed by atoms with van der Waals surface area (Å²) in [5.74, 6) is -1.77. The molecule has 1 fully saturated rings. The Labute approximate surface area is 135 Å². The van der Waals surface area contributed by atoms with Gasteiger partial charge in [0.1, 0.15) is 5.60 Å². The van der Waals surface area contributed by atoms with Crippen LogP contribution >= 0.6 is 0 Å². The summed E-state index contributed by atoms with van der Waals surface area (Å²) in [4.78, 5) is 32.9. The Morgan fingerprint density at radius 2 is 1.70 bits per heavy atom. The van der Waals surface area contributed by atoms with Crippen LogP contribution in [0, 0.1) is 5.92 Å². The van der Waals surface area contributed by atoms with Crippen molar-refractivity contribution in [1.82, 2.24) is 0 Å². The minimum Gasteiger partial charge on any atom is -0.478 e. The summed E-state index contributed by atoms with van der Waals surface area (Å²) in [6.45, 7) is 3.78. The third-order valence-electron chi connectivity index (χ3n) is 4.32. The van der Waals surface area contributed by atoms with Crippen LogP contribution in [-0.4, -0.2) is 22.6 Å². The number of carboxylic acid groups (broad SMARTS) is 1. The molecule has 6 nitrogen and oxygen atoms in total. The molecule has 2 rings (SSSR count). The highest BCUT2D eigenvalue weighted by atomic mass is 17.5. The van der Waals surface area contributed by atoms with E-state index in [2.05, 4.69) is 9.93 Å². The molecular weight excluding hydrogens is 300 g/mol. The number of carbonyl (C=O) groups is 2. The predicted molar refractivity (Wildman–Crippen MR) is 81.6 cm³/mol. The van der Waals surface area contributed by atoms with Gasteiger partial charge in [-0.2, -0.15) is 4.89 Å². The van der Waals surface area contributed by atoms with Crippen molar-refractivity contribution in [3.05, 3.63) is 35.4 Å². The molecule has 0 unspecified atom stereocenters. The first-order chi connectivity index (χ1) is 10.9. The van der Waals surface area contributed by atoms with E-state index < -0.39 is 17.5 Å². The molecule has 0 aliphatic heterocycles. The highest BCUT2D eigenvalue weighted by Gasteiger charge is 2.33. The molecule has 1 aliphatic rings. The second-order valence-corrected chi connectivity index (χ2v) is 6.31. The Morgan fingerprint density at radius 1 is 1.09 bits per heavy atom. The van der Waals surface area contributed by atoms with Gasteiger partial charge in [0.15, 0.2) is 0 Å². The molecule has 1 N–H and O–H groups in total. The lowest BCUT2D eigenvalue weighted by molar-refractivity contribution is -0.518. The van der Waals surface area contributed by atoms with Gasteiger partial charge in [0.2, 0.25) is 0 Å². The summed E-state index contributed by atoms with van der Waals surface area (Å²) in [5.41, 5.74) is -0.806. The van der Waals surface area contributed by atoms with Gasteiger partial charge >= 0.3 is 11.9 Å². The van der Waals surface area contributed by atoms with E-state index in [0.29, 0.717) is 5.92 Å². The molecule has 0 heterocycles. The lowest BCUT2D eigenvalue weighted by Gasteiger charge is -2.34. The molecule has 0 aromatic heterocycles. The largest absolute Gasteiger partial charge is 0.478 e. The monoisotopic (exact) mass is 322 g/mol. The Balaban J connectivity index is 1.91. The maximum absolute atomic E-state index is 11.9. The van der Waals surface area contributed by atoms with E-state index in [1.807, 2.05) is 13.8 Å². The zero-order valence-electron chi connectivity index (χ0n) is 13.4. The fourth-order valence-electron chi connectivity index (χ4n) is 2.89. The van der Waals surface area contributed by atoms with E-state index in [-0.39, 0.29) is 11.1 Å². The van der Waals surface area contributed by atoms with Crippen molar-refractivity contribution in [3.8, 4) is 0 Å². The quantitative estimate of drug-likeness (QED) is 0.634. The van der Waals surface area contributed by atoms with E-state index >= 15 is 0 Å². The minimum absolute atomic E-state index is 0.0842. The highest BCUT2D eigenvalue weighted by Crippen LogP contribution is 2.34. The van der Waals surface area contributed by atoms with Gasteiger partial charge in [0, 0.05) is 0 Å². The topological polar surface area (TPSA) is 82.1 Å². The number of rotatable bonds is 6. The second-order valence-electron chi connectivity index (χ2n) is 6.31. The molecule has 1 aromatic carbocycles. The summed E-state index contributed by atoms with van der Waals surface area (Å²) in [6.07, 6.45) is 5.64. The molecule has 0 amide bonds. The van der Waals surface area contributed by atoms with E-state index in [9.17, 15) is 9.59 Å². The first-order valence-electron chi connectivity index (χ1n) is 7.81. The lowest BCUT2D eigenvalue weighted by Crippen LogP contribution is -2.36. The Morgan fingerprint density at radius 3 is 2.30 bits per heavy atom. The van der Waals surface area contributed by atoms with Crippen LogP contribution in [0.2, 0.25) is 0 Å². The van der Waals surface area contributed by atoms with Crippen molar-refractivity contribution in [1.29, 1.82) is 0 Å². The van der Waals surface area contributed by atoms with Crippen LogP contribution < -0.4 is 0 Å². The van der Waals surface area contributed by atoms with Gasteiger partial charge in [0.25, 0.3) is 0 Å². The maximum Gasteiger partial charge on any atom is 0.377 e. The Hall–Kier alpha value is -1.92. The van der Waals surface area contributed by atoms with Crippen LogP contribution in [-0.2, 0) is 14.8 Å². The number of carbonyl (C=O) groups excluding carboxylic acids is 1. The smallest absolute Gasteiger partial charge is 0.377 e. The van der Waals surface area contributed by atoms with Crippen molar-refractivity contribution >= 4 is 11.9 Å². The zero-order valence-corrected chi connectivity index (χ0v) is 13.4. The fraction of sp³-hybridized carbons (Fsp3) is 0.529. The van der Waals surface area contributed by atoms with Gasteiger partial charge in [-0.1, -0.05) is 31.4 Å². The maximum atomic E-state index is 11.9. The summed E-state index contributed by atoms with van der Waals surface area (Å²) >= 11 is 0. The zero-order chi connectivity index (χ0) is 16.9. The molecule has 1 aliphatic carbocycles. The molecule has 0 radical (unpaired) electrons. The second kappa shape index (κ2) is 7.57. The van der Waals surface area contributed by atoms with E-state index in [0.717, 1.165) is 25.7 Å². The highest BCUT2D eigenvalue weighted by molar-refractivity contribution is 6.02. The molecule has 0 bridgehead atoms. The summed E-state index contributed by atoms with van der Waals surface area (Å²) in [6, 6.07) is 5.77. The van der Waals surface area contributed by atoms with Crippen LogP contribution in [0.5, 0.6) is 0 Å². The number of benzene rings is 1. The van der Waals surface area contributed by atoms with E-state index in [1.54, 1.807) is 6.07 Å². The SMILES string of the molecule is CC(C)(OOOC(=O)c1ccccc1C(=O)O)C1CCCCC1. The van der Waals surface area contributed by atoms with Gasteiger partial charge < -0.3 is 5.11 Å². The van der Waals surface area contributed by atoms with Crippen LogP contribution in [0.4, 0.5) is 0 Å². The lowest BCUT2D eigenvalue weighted by atomic mass is 9.79. The van der Waals surface area contributed by atoms with Crippen LogP contribution in [0.1, 0.15) is 66.7 Å². The fourth-order valence-corrected chi connectivity index (χ4v) is 2.89. The average Bonchev–Trinajstić information content (AvgIpc) is 2.55. The van der Waals surface area contributed by atoms with Gasteiger partial charge in [-0.25, -0.2) is 9.59 Å². The number of hydrogen-bond donors (Lipinski definition) is 1. The summed E-state index contributed by atoms with van der Waals surface area (Å²) in [5, 5.41) is 13.7. The van der Waals surface area contributed by atoms with Gasteiger partial charge in [-0.3, -0.25) is 4.89 Å². The first-order valence-corrected chi connectivity index (χ1v) is 7.81. The first kappa shape index (κ1) is 17.4. The van der Waals surface area contributed by atoms with E-state index in [4.69, 9.17) is 9.99 Å². The molecule has 1 aromatic rings. The number of hydrogen-bond acceptors (Lipinski definition) is 5. The average molecular weight is 322 g/mol. The van der Waals surface area contributed by atoms with Crippen LogP contribution in [0.25, 0.3) is 0 Å². The molecule has 1 saturated carbocycles. The van der Waals surface area contributed by atoms with Crippen LogP contribution in [0.15, 0.2) is 24.3 Å². The number of carboxylic acids is 1. The molecule has 0 spiro atoms. The van der Waals surface area contributed by atoms with Gasteiger partial charge in [-0.05, 0) is 49.8 Å². The van der Waals surface area contributed by atoms with Crippen molar-refractivity contribution in [2.75, 3.05) is 0 Å². The molecular formula is C17H22O6. The van der Waals surface area contributed by atoms with E-state index in [1.165, 1.54) is 24.6 Å². The van der Waals surface area contributed by atoms with Crippen molar-refractivity contribution in [2.24, 2.45) is 5.92 Å². The van der Waals surface area contributed by atoms with Gasteiger partial charge in [0.05, 0.1) is 11.1 Å². The Bertz CT molecular complexity index is 560. The third-order valence-corrected chi connectivity index (χ3v) is 4.32. The Kier molecular flexibility index (Phi) is 5.74. The standard InChI is InChI=1S/C17H22O6/c1-17(2,12-8-4-3-5-9-12)22-23-21-16(20)14-11-7-6-10-13(14)15(18)19/h6-7,10-12H,3-5,8-9H2,1-2H3,(H,18,19). The summed E-state index contributed by atoms with van der Waals surface area (Å²) in [7, 11) is 0. The molecule has 0 saturated heterocycles. The molecule has 0 atom stereocenters. The molecule has 6 heteroatoms. The van der Waals surface area contributed by atoms with Crippen LogP contribution in [0.3, 0.4) is 0 Å². The molecule has 23 heavy (non-hydrogen) atoms. The van der Waals surface area contributed by atoms with Crippen molar-refractivity contribution < 1.29 is 29.5 Å².